The molecule has 1 saturated heterocycles. The molecule has 4 heterocycles. The molecule has 1 aromatic heterocycles. The van der Waals surface area contributed by atoms with Gasteiger partial charge in [0, 0.05) is 24.7 Å². The van der Waals surface area contributed by atoms with Crippen molar-refractivity contribution < 1.29 is 4.79 Å². The lowest BCUT2D eigenvalue weighted by Gasteiger charge is -2.34. The maximum Gasteiger partial charge on any atom is 0.258 e. The van der Waals surface area contributed by atoms with E-state index in [9.17, 15) is 4.79 Å². The third-order valence-corrected chi connectivity index (χ3v) is 5.64. The van der Waals surface area contributed by atoms with Gasteiger partial charge in [-0.2, -0.15) is 0 Å². The quantitative estimate of drug-likeness (QED) is 0.617. The Balaban J connectivity index is 1.66. The average Bonchev–Trinajstić information content (AvgIpc) is 2.71. The lowest BCUT2D eigenvalue weighted by molar-refractivity contribution is 0.102. The first-order valence-electron chi connectivity index (χ1n) is 9.91. The zero-order valence-corrected chi connectivity index (χ0v) is 16.6. The topological polar surface area (TPSA) is 57.3 Å². The third-order valence-electron chi connectivity index (χ3n) is 5.40. The summed E-state index contributed by atoms with van der Waals surface area (Å²) in [4.78, 5) is 19.8. The summed E-state index contributed by atoms with van der Waals surface area (Å²) in [6, 6.07) is 11.1. The van der Waals surface area contributed by atoms with Crippen molar-refractivity contribution in [1.29, 1.82) is 0 Å². The number of hydrogen-bond acceptors (Lipinski definition) is 4. The molecule has 5 nitrogen and oxygen atoms in total. The number of piperidine rings is 1. The number of allylic oxidation sites excluding steroid dienone is 1. The molecule has 5 rings (SSSR count). The summed E-state index contributed by atoms with van der Waals surface area (Å²) in [5, 5.41) is 6.89. The van der Waals surface area contributed by atoms with Crippen molar-refractivity contribution in [3.8, 4) is 0 Å². The largest absolute Gasteiger partial charge is 0.371 e. The van der Waals surface area contributed by atoms with Crippen molar-refractivity contribution in [2.45, 2.75) is 25.7 Å². The minimum absolute atomic E-state index is 0.163. The Morgan fingerprint density at radius 3 is 2.75 bits per heavy atom. The Hall–Kier alpha value is -2.53. The van der Waals surface area contributed by atoms with Crippen LogP contribution in [0.5, 0.6) is 0 Å². The van der Waals surface area contributed by atoms with Crippen LogP contribution in [0.3, 0.4) is 0 Å². The van der Waals surface area contributed by atoms with Crippen LogP contribution < -0.4 is 15.5 Å². The molecule has 146 valence electrons. The maximum atomic E-state index is 13.0. The van der Waals surface area contributed by atoms with E-state index in [1.54, 1.807) is 18.2 Å². The highest BCUT2D eigenvalue weighted by molar-refractivity contribution is 6.31. The van der Waals surface area contributed by atoms with E-state index < -0.39 is 0 Å². The second kappa shape index (κ2) is 8.65. The molecule has 3 aliphatic heterocycles. The molecule has 0 unspecified atom stereocenters. The zero-order valence-electron chi connectivity index (χ0n) is 15.8. The van der Waals surface area contributed by atoms with Crippen LogP contribution in [0, 0.1) is 5.92 Å². The Kier molecular flexibility index (Phi) is 5.81. The van der Waals surface area contributed by atoms with Crippen LogP contribution in [0.2, 0.25) is 5.02 Å². The van der Waals surface area contributed by atoms with Gasteiger partial charge in [-0.25, -0.2) is 4.98 Å². The minimum Gasteiger partial charge on any atom is -0.371 e. The van der Waals surface area contributed by atoms with E-state index in [0.29, 0.717) is 22.3 Å². The number of benzene rings is 1. The highest BCUT2D eigenvalue weighted by atomic mass is 35.5. The molecule has 0 radical (unpaired) electrons. The number of nitrogens with zero attached hydrogens (tertiary/aromatic N) is 2. The number of carbonyl (C=O) groups is 1. The fraction of sp³-hybridized carbons (Fsp3) is 0.364. The Labute approximate surface area is 170 Å². The second-order valence-electron chi connectivity index (χ2n) is 7.38. The molecule has 1 aromatic carbocycles. The fourth-order valence-corrected chi connectivity index (χ4v) is 4.01. The van der Waals surface area contributed by atoms with Gasteiger partial charge in [-0.3, -0.25) is 4.79 Å². The van der Waals surface area contributed by atoms with Crippen LogP contribution in [0.4, 0.5) is 17.3 Å². The molecular formula is C22H25ClN4O. The summed E-state index contributed by atoms with van der Waals surface area (Å²) >= 11 is 6.26. The Morgan fingerprint density at radius 2 is 1.89 bits per heavy atom. The van der Waals surface area contributed by atoms with Gasteiger partial charge in [-0.1, -0.05) is 29.8 Å². The fourth-order valence-electron chi connectivity index (χ4n) is 3.84. The number of pyridine rings is 1. The first-order valence-corrected chi connectivity index (χ1v) is 10.3. The standard InChI is InChI=1S/C22H25ClN4O/c23-17-8-9-18-19(15-17)27-13-10-16(11-14-27)5-2-1-3-12-24-20-6-4-7-21(25-20)26-22(18)28/h1-2,4,6-9,15-16H,3,5,10-14H2,(H2,24,25,26,28)/b2-1+. The number of halogens is 1. The van der Waals surface area contributed by atoms with Gasteiger partial charge in [0.25, 0.3) is 5.91 Å². The lowest BCUT2D eigenvalue weighted by atomic mass is 9.92. The van der Waals surface area contributed by atoms with Gasteiger partial charge in [-0.15, -0.1) is 0 Å². The Morgan fingerprint density at radius 1 is 1.07 bits per heavy atom. The SMILES string of the molecule is O=C1Nc2cccc(n2)NCC/C=C/CC2CCN(CC2)c2cc(Cl)ccc21. The number of amides is 1. The van der Waals surface area contributed by atoms with Crippen molar-refractivity contribution in [3.05, 3.63) is 59.1 Å². The smallest absolute Gasteiger partial charge is 0.258 e. The summed E-state index contributed by atoms with van der Waals surface area (Å²) in [5.74, 6) is 1.83. The molecule has 2 aromatic rings. The highest BCUT2D eigenvalue weighted by Crippen LogP contribution is 2.31. The van der Waals surface area contributed by atoms with E-state index in [1.807, 2.05) is 18.2 Å². The molecule has 4 bridgehead atoms. The molecule has 1 amide bonds. The second-order valence-corrected chi connectivity index (χ2v) is 7.81. The van der Waals surface area contributed by atoms with Crippen molar-refractivity contribution >= 4 is 34.8 Å². The molecule has 0 aliphatic carbocycles. The van der Waals surface area contributed by atoms with E-state index in [4.69, 9.17) is 11.6 Å². The lowest BCUT2D eigenvalue weighted by Crippen LogP contribution is -2.35. The van der Waals surface area contributed by atoms with Gasteiger partial charge in [0.05, 0.1) is 11.3 Å². The van der Waals surface area contributed by atoms with Crippen LogP contribution in [-0.2, 0) is 0 Å². The van der Waals surface area contributed by atoms with Crippen molar-refractivity contribution in [3.63, 3.8) is 0 Å². The molecule has 2 N–H and O–H groups in total. The predicted molar refractivity (Wildman–Crippen MR) is 115 cm³/mol. The Bertz CT molecular complexity index is 875. The predicted octanol–water partition coefficient (Wildman–Crippen LogP) is 4.97. The third kappa shape index (κ3) is 4.47. The summed E-state index contributed by atoms with van der Waals surface area (Å²) in [6.45, 7) is 2.70. The van der Waals surface area contributed by atoms with Crippen LogP contribution in [0.25, 0.3) is 0 Å². The van der Waals surface area contributed by atoms with Crippen molar-refractivity contribution in [2.24, 2.45) is 5.92 Å². The molecule has 28 heavy (non-hydrogen) atoms. The molecule has 0 atom stereocenters. The summed E-state index contributed by atoms with van der Waals surface area (Å²) in [7, 11) is 0. The number of anilines is 3. The van der Waals surface area contributed by atoms with Crippen LogP contribution in [0.15, 0.2) is 48.6 Å². The van der Waals surface area contributed by atoms with E-state index in [0.717, 1.165) is 56.8 Å². The molecule has 3 aliphatic rings. The monoisotopic (exact) mass is 396 g/mol. The van der Waals surface area contributed by atoms with E-state index in [2.05, 4.69) is 32.7 Å². The van der Waals surface area contributed by atoms with Gasteiger partial charge in [-0.05, 0) is 61.9 Å². The van der Waals surface area contributed by atoms with Crippen LogP contribution in [0.1, 0.15) is 36.0 Å². The van der Waals surface area contributed by atoms with Crippen molar-refractivity contribution in [1.82, 2.24) is 4.98 Å². The number of hydrogen-bond donors (Lipinski definition) is 2. The summed E-state index contributed by atoms with van der Waals surface area (Å²) in [5.41, 5.74) is 1.53. The molecule has 0 spiro atoms. The number of rotatable bonds is 0. The van der Waals surface area contributed by atoms with E-state index in [1.165, 1.54) is 0 Å². The molecular weight excluding hydrogens is 372 g/mol. The van der Waals surface area contributed by atoms with Gasteiger partial charge in [0.15, 0.2) is 0 Å². The van der Waals surface area contributed by atoms with E-state index in [-0.39, 0.29) is 5.91 Å². The minimum atomic E-state index is -0.163. The molecule has 0 saturated carbocycles. The average molecular weight is 397 g/mol. The summed E-state index contributed by atoms with van der Waals surface area (Å²) < 4.78 is 0. The number of fused-ring (bicyclic) bond motifs is 7. The van der Waals surface area contributed by atoms with Gasteiger partial charge < -0.3 is 15.5 Å². The molecule has 1 fully saturated rings. The first-order chi connectivity index (χ1) is 13.7. The normalized spacial score (nSPS) is 19.3. The van der Waals surface area contributed by atoms with Gasteiger partial charge in [0.2, 0.25) is 0 Å². The van der Waals surface area contributed by atoms with Crippen LogP contribution in [-0.4, -0.2) is 30.5 Å². The van der Waals surface area contributed by atoms with Gasteiger partial charge in [0.1, 0.15) is 11.6 Å². The van der Waals surface area contributed by atoms with Crippen molar-refractivity contribution in [2.75, 3.05) is 35.2 Å². The number of carbonyl (C=O) groups excluding carboxylic acids is 1. The maximum absolute atomic E-state index is 13.0. The van der Waals surface area contributed by atoms with Gasteiger partial charge >= 0.3 is 0 Å². The number of aromatic nitrogens is 1. The van der Waals surface area contributed by atoms with E-state index >= 15 is 0 Å². The van der Waals surface area contributed by atoms with Crippen LogP contribution >= 0.6 is 11.6 Å². The first kappa shape index (κ1) is 18.8. The highest BCUT2D eigenvalue weighted by Gasteiger charge is 2.23. The molecule has 6 heteroatoms. The zero-order chi connectivity index (χ0) is 19.3. The number of nitrogens with one attached hydrogen (secondary N) is 2. The summed E-state index contributed by atoms with van der Waals surface area (Å²) in [6.07, 6.45) is 8.88.